The van der Waals surface area contributed by atoms with Crippen molar-refractivity contribution in [1.82, 2.24) is 4.98 Å². The molecule has 106 valence electrons. The van der Waals surface area contributed by atoms with Gasteiger partial charge in [0.2, 0.25) is 0 Å². The van der Waals surface area contributed by atoms with Crippen LogP contribution in [-0.2, 0) is 0 Å². The Morgan fingerprint density at radius 3 is 2.86 bits per heavy atom. The highest BCUT2D eigenvalue weighted by Gasteiger charge is 2.06. The predicted octanol–water partition coefficient (Wildman–Crippen LogP) is 3.64. The fourth-order valence-electron chi connectivity index (χ4n) is 1.80. The van der Waals surface area contributed by atoms with Gasteiger partial charge < -0.3 is 9.84 Å². The lowest BCUT2D eigenvalue weighted by molar-refractivity contribution is 0.315. The summed E-state index contributed by atoms with van der Waals surface area (Å²) in [7, 11) is 0. The van der Waals surface area contributed by atoms with E-state index in [1.165, 1.54) is 0 Å². The average molecular weight is 280 g/mol. The van der Waals surface area contributed by atoms with E-state index in [1.807, 2.05) is 13.0 Å². The fraction of sp³-hybridized carbons (Fsp3) is 0.176. The quantitative estimate of drug-likeness (QED) is 0.849. The molecule has 2 rings (SSSR count). The van der Waals surface area contributed by atoms with Gasteiger partial charge in [-0.2, -0.15) is 5.26 Å². The highest BCUT2D eigenvalue weighted by atomic mass is 16.5. The van der Waals surface area contributed by atoms with Gasteiger partial charge in [0.05, 0.1) is 17.9 Å². The van der Waals surface area contributed by atoms with Crippen LogP contribution in [0.15, 0.2) is 42.6 Å². The number of rotatable bonds is 5. The minimum absolute atomic E-state index is 0.0762. The molecular weight excluding hydrogens is 264 g/mol. The second-order valence-electron chi connectivity index (χ2n) is 4.45. The van der Waals surface area contributed by atoms with E-state index in [9.17, 15) is 10.4 Å². The van der Waals surface area contributed by atoms with E-state index in [4.69, 9.17) is 4.74 Å². The van der Waals surface area contributed by atoms with Crippen LogP contribution < -0.4 is 4.74 Å². The molecule has 1 N–H and O–H groups in total. The molecule has 0 radical (unpaired) electrons. The van der Waals surface area contributed by atoms with E-state index in [-0.39, 0.29) is 5.75 Å². The van der Waals surface area contributed by atoms with E-state index in [2.05, 4.69) is 11.1 Å². The van der Waals surface area contributed by atoms with Crippen molar-refractivity contribution in [2.24, 2.45) is 0 Å². The maximum absolute atomic E-state index is 10.0. The van der Waals surface area contributed by atoms with Crippen LogP contribution >= 0.6 is 0 Å². The number of hydrogen-bond donors (Lipinski definition) is 1. The zero-order chi connectivity index (χ0) is 15.1. The molecule has 0 saturated heterocycles. The van der Waals surface area contributed by atoms with Crippen LogP contribution in [0.1, 0.15) is 24.6 Å². The number of phenolic OH excluding ortho intramolecular Hbond substituents is 1. The van der Waals surface area contributed by atoms with Crippen molar-refractivity contribution < 1.29 is 9.84 Å². The van der Waals surface area contributed by atoms with Crippen LogP contribution in [-0.4, -0.2) is 16.7 Å². The monoisotopic (exact) mass is 280 g/mol. The van der Waals surface area contributed by atoms with Crippen LogP contribution in [0.2, 0.25) is 0 Å². The third-order valence-electron chi connectivity index (χ3n) is 2.84. The lowest BCUT2D eigenvalue weighted by atomic mass is 10.1. The topological polar surface area (TPSA) is 66.1 Å². The summed E-state index contributed by atoms with van der Waals surface area (Å²) in [5, 5.41) is 19.3. The molecule has 0 spiro atoms. The van der Waals surface area contributed by atoms with E-state index in [0.29, 0.717) is 29.2 Å². The molecular formula is C17H16N2O2. The van der Waals surface area contributed by atoms with Gasteiger partial charge >= 0.3 is 0 Å². The SMILES string of the molecule is CCCOc1ccc(/C=C(\C#N)c2ccccn2)c(O)c1. The van der Waals surface area contributed by atoms with E-state index in [0.717, 1.165) is 6.42 Å². The molecule has 4 heteroatoms. The van der Waals surface area contributed by atoms with Crippen LogP contribution in [0, 0.1) is 11.3 Å². The number of benzene rings is 1. The standard InChI is InChI=1S/C17H16N2O2/c1-2-9-21-15-7-6-13(17(20)11-15)10-14(12-18)16-5-3-4-8-19-16/h3-8,10-11,20H,2,9H2,1H3/b14-10+. The summed E-state index contributed by atoms with van der Waals surface area (Å²) < 4.78 is 5.45. The molecule has 0 aliphatic rings. The summed E-state index contributed by atoms with van der Waals surface area (Å²) in [6.07, 6.45) is 4.14. The molecule has 1 heterocycles. The number of allylic oxidation sites excluding steroid dienone is 1. The molecule has 1 aromatic carbocycles. The summed E-state index contributed by atoms with van der Waals surface area (Å²) in [6.45, 7) is 2.62. The lowest BCUT2D eigenvalue weighted by Gasteiger charge is -2.07. The number of pyridine rings is 1. The zero-order valence-corrected chi connectivity index (χ0v) is 11.8. The average Bonchev–Trinajstić information content (AvgIpc) is 2.53. The normalized spacial score (nSPS) is 11.0. The first-order chi connectivity index (χ1) is 10.2. The molecule has 0 bridgehead atoms. The number of ether oxygens (including phenoxy) is 1. The molecule has 0 fully saturated rings. The summed E-state index contributed by atoms with van der Waals surface area (Å²) in [5.74, 6) is 0.690. The Bertz CT molecular complexity index is 673. The number of nitrogens with zero attached hydrogens (tertiary/aromatic N) is 2. The van der Waals surface area contributed by atoms with Crippen molar-refractivity contribution in [2.75, 3.05) is 6.61 Å². The predicted molar refractivity (Wildman–Crippen MR) is 81.6 cm³/mol. The maximum atomic E-state index is 10.0. The Labute approximate surface area is 124 Å². The Kier molecular flexibility index (Phi) is 4.94. The number of aromatic hydroxyl groups is 1. The van der Waals surface area contributed by atoms with Gasteiger partial charge in [-0.15, -0.1) is 0 Å². The molecule has 0 unspecified atom stereocenters. The third-order valence-corrected chi connectivity index (χ3v) is 2.84. The maximum Gasteiger partial charge on any atom is 0.126 e. The Balaban J connectivity index is 2.29. The second-order valence-corrected chi connectivity index (χ2v) is 4.45. The number of nitriles is 1. The van der Waals surface area contributed by atoms with Gasteiger partial charge in [0.1, 0.15) is 17.6 Å². The fourth-order valence-corrected chi connectivity index (χ4v) is 1.80. The summed E-state index contributed by atoms with van der Waals surface area (Å²) in [6, 6.07) is 12.5. The van der Waals surface area contributed by atoms with Gasteiger partial charge in [-0.25, -0.2) is 0 Å². The van der Waals surface area contributed by atoms with E-state index < -0.39 is 0 Å². The smallest absolute Gasteiger partial charge is 0.126 e. The first kappa shape index (κ1) is 14.6. The number of aromatic nitrogens is 1. The summed E-state index contributed by atoms with van der Waals surface area (Å²) in [5.41, 5.74) is 1.53. The minimum Gasteiger partial charge on any atom is -0.507 e. The van der Waals surface area contributed by atoms with Crippen molar-refractivity contribution >= 4 is 11.6 Å². The molecule has 0 saturated carbocycles. The molecule has 2 aromatic rings. The highest BCUT2D eigenvalue weighted by Crippen LogP contribution is 2.27. The van der Waals surface area contributed by atoms with Crippen molar-refractivity contribution in [1.29, 1.82) is 5.26 Å². The molecule has 4 nitrogen and oxygen atoms in total. The molecule has 0 aliphatic heterocycles. The molecule has 0 aliphatic carbocycles. The minimum atomic E-state index is 0.0762. The van der Waals surface area contributed by atoms with Crippen LogP contribution in [0.25, 0.3) is 11.6 Å². The van der Waals surface area contributed by atoms with Crippen molar-refractivity contribution in [2.45, 2.75) is 13.3 Å². The van der Waals surface area contributed by atoms with Gasteiger partial charge in [0.15, 0.2) is 0 Å². The van der Waals surface area contributed by atoms with Gasteiger partial charge in [-0.3, -0.25) is 4.98 Å². The van der Waals surface area contributed by atoms with E-state index >= 15 is 0 Å². The lowest BCUT2D eigenvalue weighted by Crippen LogP contribution is -1.94. The first-order valence-corrected chi connectivity index (χ1v) is 6.73. The number of phenols is 1. The third kappa shape index (κ3) is 3.83. The molecule has 0 atom stereocenters. The molecule has 1 aromatic heterocycles. The zero-order valence-electron chi connectivity index (χ0n) is 11.8. The highest BCUT2D eigenvalue weighted by molar-refractivity contribution is 5.89. The summed E-state index contributed by atoms with van der Waals surface area (Å²) in [4.78, 5) is 4.14. The van der Waals surface area contributed by atoms with Gasteiger partial charge in [-0.1, -0.05) is 13.0 Å². The largest absolute Gasteiger partial charge is 0.507 e. The van der Waals surface area contributed by atoms with Crippen LogP contribution in [0.5, 0.6) is 11.5 Å². The van der Waals surface area contributed by atoms with Gasteiger partial charge in [-0.05, 0) is 36.8 Å². The molecule has 21 heavy (non-hydrogen) atoms. The molecule has 0 amide bonds. The first-order valence-electron chi connectivity index (χ1n) is 6.73. The Hall–Kier alpha value is -2.80. The van der Waals surface area contributed by atoms with Crippen LogP contribution in [0.4, 0.5) is 0 Å². The Morgan fingerprint density at radius 1 is 1.38 bits per heavy atom. The second kappa shape index (κ2) is 7.11. The van der Waals surface area contributed by atoms with Crippen molar-refractivity contribution in [3.05, 3.63) is 53.9 Å². The van der Waals surface area contributed by atoms with Crippen molar-refractivity contribution in [3.63, 3.8) is 0 Å². The van der Waals surface area contributed by atoms with Gasteiger partial charge in [0.25, 0.3) is 0 Å². The van der Waals surface area contributed by atoms with Crippen LogP contribution in [0.3, 0.4) is 0 Å². The van der Waals surface area contributed by atoms with Crippen molar-refractivity contribution in [3.8, 4) is 17.6 Å². The summed E-state index contributed by atoms with van der Waals surface area (Å²) >= 11 is 0. The van der Waals surface area contributed by atoms with E-state index in [1.54, 1.807) is 42.6 Å². The number of hydrogen-bond acceptors (Lipinski definition) is 4. The Morgan fingerprint density at radius 2 is 2.24 bits per heavy atom. The van der Waals surface area contributed by atoms with Gasteiger partial charge in [0, 0.05) is 17.8 Å².